The first-order chi connectivity index (χ1) is 14.8. The van der Waals surface area contributed by atoms with Crippen LogP contribution in [0.5, 0.6) is 0 Å². The zero-order chi connectivity index (χ0) is 22.1. The third-order valence-corrected chi connectivity index (χ3v) is 10.9. The molecular formula is C26H23O3PS. The summed E-state index contributed by atoms with van der Waals surface area (Å²) >= 11 is 0. The smallest absolute Gasteiger partial charge is 0.145 e. The highest BCUT2D eigenvalue weighted by Crippen LogP contribution is 2.55. The second kappa shape index (κ2) is 8.39. The Bertz CT molecular complexity index is 1250. The molecule has 0 aliphatic rings. The molecule has 0 bridgehead atoms. The fourth-order valence-electron chi connectivity index (χ4n) is 4.00. The summed E-state index contributed by atoms with van der Waals surface area (Å²) in [6, 6.07) is 33.0. The standard InChI is InChI=1S/C26H23O3PS/c1-20-12-16-23(17-13-20)30(22-8-4-3-5-9-22,24-18-14-21(2)15-19-24)25-10-6-7-11-26(25)31(27,28)29/h3-19H,1-2H3. The lowest BCUT2D eigenvalue weighted by atomic mass is 10.2. The minimum Gasteiger partial charge on any atom is -0.744 e. The van der Waals surface area contributed by atoms with Crippen molar-refractivity contribution < 1.29 is 13.0 Å². The summed E-state index contributed by atoms with van der Waals surface area (Å²) in [6.45, 7) is 4.04. The number of benzene rings is 4. The van der Waals surface area contributed by atoms with E-state index < -0.39 is 17.4 Å². The molecule has 0 N–H and O–H groups in total. The zero-order valence-corrected chi connectivity index (χ0v) is 19.1. The summed E-state index contributed by atoms with van der Waals surface area (Å²) in [5, 5.41) is 3.57. The molecule has 0 spiro atoms. The molecule has 0 atom stereocenters. The maximum atomic E-state index is 12.4. The number of aryl methyl sites for hydroxylation is 2. The first-order valence-corrected chi connectivity index (χ1v) is 13.2. The van der Waals surface area contributed by atoms with Gasteiger partial charge < -0.3 is 4.55 Å². The van der Waals surface area contributed by atoms with Gasteiger partial charge in [-0.2, -0.15) is 0 Å². The minimum atomic E-state index is -4.68. The van der Waals surface area contributed by atoms with Gasteiger partial charge in [0.2, 0.25) is 0 Å². The first kappa shape index (κ1) is 21.5. The molecule has 0 aliphatic heterocycles. The fraction of sp³-hybridized carbons (Fsp3) is 0.0769. The summed E-state index contributed by atoms with van der Waals surface area (Å²) < 4.78 is 37.1. The van der Waals surface area contributed by atoms with E-state index in [9.17, 15) is 13.0 Å². The van der Waals surface area contributed by atoms with E-state index in [1.54, 1.807) is 12.1 Å². The van der Waals surface area contributed by atoms with Gasteiger partial charge in [0.15, 0.2) is 0 Å². The first-order valence-electron chi connectivity index (χ1n) is 9.98. The van der Waals surface area contributed by atoms with Crippen molar-refractivity contribution in [3.63, 3.8) is 0 Å². The predicted molar refractivity (Wildman–Crippen MR) is 129 cm³/mol. The number of hydrogen-bond donors (Lipinski definition) is 0. The van der Waals surface area contributed by atoms with Crippen LogP contribution >= 0.6 is 7.26 Å². The van der Waals surface area contributed by atoms with E-state index in [0.717, 1.165) is 27.0 Å². The van der Waals surface area contributed by atoms with Crippen LogP contribution in [0.4, 0.5) is 0 Å². The molecule has 0 fully saturated rings. The van der Waals surface area contributed by atoms with Crippen LogP contribution in [0.2, 0.25) is 0 Å². The van der Waals surface area contributed by atoms with Crippen molar-refractivity contribution >= 4 is 38.6 Å². The monoisotopic (exact) mass is 446 g/mol. The summed E-state index contributed by atoms with van der Waals surface area (Å²) in [5.74, 6) is 0. The van der Waals surface area contributed by atoms with Crippen LogP contribution in [-0.4, -0.2) is 13.0 Å². The Labute approximate surface area is 184 Å². The van der Waals surface area contributed by atoms with Crippen LogP contribution in [-0.2, 0) is 10.1 Å². The van der Waals surface area contributed by atoms with Gasteiger partial charge in [-0.15, -0.1) is 0 Å². The lowest BCUT2D eigenvalue weighted by Gasteiger charge is -2.29. The zero-order valence-electron chi connectivity index (χ0n) is 17.4. The van der Waals surface area contributed by atoms with E-state index in [-0.39, 0.29) is 4.90 Å². The molecule has 0 saturated heterocycles. The molecule has 156 valence electrons. The van der Waals surface area contributed by atoms with Gasteiger partial charge in [-0.3, -0.25) is 0 Å². The molecule has 4 aromatic carbocycles. The van der Waals surface area contributed by atoms with Crippen molar-refractivity contribution in [2.24, 2.45) is 0 Å². The van der Waals surface area contributed by atoms with Crippen LogP contribution in [0.3, 0.4) is 0 Å². The highest BCUT2D eigenvalue weighted by molar-refractivity contribution is 8.02. The largest absolute Gasteiger partial charge is 0.744 e. The summed E-state index contributed by atoms with van der Waals surface area (Å²) in [7, 11) is -7.34. The topological polar surface area (TPSA) is 57.2 Å². The Hall–Kier alpha value is -2.78. The molecule has 4 rings (SSSR count). The highest BCUT2D eigenvalue weighted by Gasteiger charge is 2.49. The second-order valence-electron chi connectivity index (χ2n) is 7.60. The van der Waals surface area contributed by atoms with E-state index in [2.05, 4.69) is 24.3 Å². The van der Waals surface area contributed by atoms with Crippen molar-refractivity contribution in [1.29, 1.82) is 0 Å². The molecule has 5 heteroatoms. The second-order valence-corrected chi connectivity index (χ2v) is 12.3. The van der Waals surface area contributed by atoms with E-state index in [1.807, 2.05) is 74.5 Å². The molecule has 0 unspecified atom stereocenters. The lowest BCUT2D eigenvalue weighted by Crippen LogP contribution is -2.40. The average Bonchev–Trinajstić information content (AvgIpc) is 2.77. The van der Waals surface area contributed by atoms with Crippen LogP contribution in [0, 0.1) is 13.8 Å². The Morgan fingerprint density at radius 1 is 0.581 bits per heavy atom. The Balaban J connectivity index is 2.22. The minimum absolute atomic E-state index is 0.159. The van der Waals surface area contributed by atoms with Gasteiger partial charge in [0.1, 0.15) is 38.6 Å². The third-order valence-electron chi connectivity index (χ3n) is 5.48. The summed E-state index contributed by atoms with van der Waals surface area (Å²) in [4.78, 5) is -0.159. The summed E-state index contributed by atoms with van der Waals surface area (Å²) in [5.41, 5.74) is 2.23. The normalized spacial score (nSPS) is 12.0. The van der Waals surface area contributed by atoms with E-state index >= 15 is 0 Å². The molecule has 3 nitrogen and oxygen atoms in total. The molecule has 0 saturated carbocycles. The van der Waals surface area contributed by atoms with E-state index in [4.69, 9.17) is 0 Å². The third kappa shape index (κ3) is 3.95. The SMILES string of the molecule is Cc1ccc([P+](c2ccccc2)(c2ccc(C)cc2)c2ccccc2S(=O)(=O)[O-])cc1. The number of hydrogen-bond acceptors (Lipinski definition) is 3. The van der Waals surface area contributed by atoms with Gasteiger partial charge in [0.25, 0.3) is 0 Å². The van der Waals surface area contributed by atoms with Gasteiger partial charge in [0.05, 0.1) is 4.90 Å². The van der Waals surface area contributed by atoms with Crippen LogP contribution < -0.4 is 21.2 Å². The summed E-state index contributed by atoms with van der Waals surface area (Å²) in [6.07, 6.45) is 0. The fourth-order valence-corrected chi connectivity index (χ4v) is 9.57. The average molecular weight is 447 g/mol. The molecule has 0 aromatic heterocycles. The van der Waals surface area contributed by atoms with Crippen molar-refractivity contribution in [1.82, 2.24) is 0 Å². The van der Waals surface area contributed by atoms with Gasteiger partial charge >= 0.3 is 0 Å². The molecule has 0 aliphatic carbocycles. The van der Waals surface area contributed by atoms with Gasteiger partial charge in [-0.1, -0.05) is 65.7 Å². The molecule has 0 amide bonds. The van der Waals surface area contributed by atoms with Crippen LogP contribution in [0.15, 0.2) is 108 Å². The quantitative estimate of drug-likeness (QED) is 0.346. The molecule has 0 heterocycles. The maximum Gasteiger partial charge on any atom is 0.145 e. The van der Waals surface area contributed by atoms with Crippen LogP contribution in [0.25, 0.3) is 0 Å². The van der Waals surface area contributed by atoms with Gasteiger partial charge in [-0.25, -0.2) is 8.42 Å². The van der Waals surface area contributed by atoms with Crippen molar-refractivity contribution in [3.05, 3.63) is 114 Å². The van der Waals surface area contributed by atoms with E-state index in [1.165, 1.54) is 6.07 Å². The lowest BCUT2D eigenvalue weighted by molar-refractivity contribution is 0.463. The van der Waals surface area contributed by atoms with Crippen molar-refractivity contribution in [2.45, 2.75) is 18.7 Å². The Kier molecular flexibility index (Phi) is 5.81. The molecule has 4 aromatic rings. The highest BCUT2D eigenvalue weighted by atomic mass is 32.2. The molecule has 31 heavy (non-hydrogen) atoms. The van der Waals surface area contributed by atoms with Gasteiger partial charge in [0, 0.05) is 0 Å². The van der Waals surface area contributed by atoms with E-state index in [0.29, 0.717) is 5.30 Å². The van der Waals surface area contributed by atoms with Crippen molar-refractivity contribution in [2.75, 3.05) is 0 Å². The Morgan fingerprint density at radius 2 is 1.00 bits per heavy atom. The maximum absolute atomic E-state index is 12.4. The molecule has 0 radical (unpaired) electrons. The van der Waals surface area contributed by atoms with Crippen LogP contribution in [0.1, 0.15) is 11.1 Å². The van der Waals surface area contributed by atoms with Crippen molar-refractivity contribution in [3.8, 4) is 0 Å². The number of rotatable bonds is 5. The van der Waals surface area contributed by atoms with Gasteiger partial charge in [-0.05, 0) is 62.4 Å². The molecular weight excluding hydrogens is 423 g/mol. The predicted octanol–water partition coefficient (Wildman–Crippen LogP) is 3.83. The Morgan fingerprint density at radius 3 is 1.48 bits per heavy atom.